The summed E-state index contributed by atoms with van der Waals surface area (Å²) in [6.45, 7) is 2.07. The number of methoxy groups -OCH3 is 1. The summed E-state index contributed by atoms with van der Waals surface area (Å²) in [6, 6.07) is 0. The molecule has 0 aliphatic heterocycles. The van der Waals surface area contributed by atoms with Crippen LogP contribution in [0.2, 0.25) is 0 Å². The molecular formula is C10H17N3O4S. The largest absolute Gasteiger partial charge is 0.469 e. The fraction of sp³-hybridized carbons (Fsp3) is 0.600. The van der Waals surface area contributed by atoms with E-state index in [0.717, 1.165) is 0 Å². The Morgan fingerprint density at radius 3 is 2.67 bits per heavy atom. The third-order valence-electron chi connectivity index (χ3n) is 2.43. The minimum absolute atomic E-state index is 0.0169. The second-order valence-corrected chi connectivity index (χ2v) is 5.59. The van der Waals surface area contributed by atoms with Crippen molar-refractivity contribution in [3.63, 3.8) is 0 Å². The highest BCUT2D eigenvalue weighted by atomic mass is 32.2. The van der Waals surface area contributed by atoms with E-state index in [1.165, 1.54) is 23.9 Å². The van der Waals surface area contributed by atoms with E-state index in [0.29, 0.717) is 0 Å². The highest BCUT2D eigenvalue weighted by Crippen LogP contribution is 2.13. The molecule has 8 heteroatoms. The van der Waals surface area contributed by atoms with Crippen molar-refractivity contribution in [3.05, 3.63) is 12.5 Å². The maximum Gasteiger partial charge on any atom is 0.306 e. The first-order valence-corrected chi connectivity index (χ1v) is 6.90. The average Bonchev–Trinajstić information content (AvgIpc) is 2.76. The van der Waals surface area contributed by atoms with Crippen LogP contribution in [0.15, 0.2) is 17.6 Å². The SMILES string of the molecule is CCN(CCC(=O)OC)S(=O)(=O)c1cn(C)cn1. The van der Waals surface area contributed by atoms with Gasteiger partial charge in [0.2, 0.25) is 0 Å². The van der Waals surface area contributed by atoms with Gasteiger partial charge in [0, 0.05) is 26.3 Å². The number of carbonyl (C=O) groups is 1. The fourth-order valence-electron chi connectivity index (χ4n) is 1.42. The Morgan fingerprint density at radius 1 is 1.56 bits per heavy atom. The molecule has 1 heterocycles. The predicted octanol–water partition coefficient (Wildman–Crippen LogP) is -0.00620. The van der Waals surface area contributed by atoms with E-state index in [2.05, 4.69) is 9.72 Å². The Labute approximate surface area is 106 Å². The lowest BCUT2D eigenvalue weighted by molar-refractivity contribution is -0.140. The number of hydrogen-bond donors (Lipinski definition) is 0. The Bertz CT molecular complexity index is 509. The molecule has 1 rings (SSSR count). The van der Waals surface area contributed by atoms with Gasteiger partial charge in [-0.25, -0.2) is 13.4 Å². The molecule has 0 N–H and O–H groups in total. The van der Waals surface area contributed by atoms with Crippen LogP contribution in [0.4, 0.5) is 0 Å². The summed E-state index contributed by atoms with van der Waals surface area (Å²) in [4.78, 5) is 14.9. The lowest BCUT2D eigenvalue weighted by Crippen LogP contribution is -2.33. The molecule has 0 bridgehead atoms. The van der Waals surface area contributed by atoms with E-state index in [1.807, 2.05) is 0 Å². The molecule has 1 aromatic rings. The number of nitrogens with zero attached hydrogens (tertiary/aromatic N) is 3. The topological polar surface area (TPSA) is 81.5 Å². The van der Waals surface area contributed by atoms with E-state index >= 15 is 0 Å². The Kier molecular flexibility index (Phi) is 4.85. The summed E-state index contributed by atoms with van der Waals surface area (Å²) < 4.78 is 31.6. The highest BCUT2D eigenvalue weighted by Gasteiger charge is 2.25. The lowest BCUT2D eigenvalue weighted by Gasteiger charge is -2.18. The van der Waals surface area contributed by atoms with Gasteiger partial charge in [-0.2, -0.15) is 4.31 Å². The van der Waals surface area contributed by atoms with Crippen LogP contribution in [0, 0.1) is 0 Å². The van der Waals surface area contributed by atoms with Crippen molar-refractivity contribution < 1.29 is 17.9 Å². The second kappa shape index (κ2) is 5.96. The standard InChI is InChI=1S/C10H17N3O4S/c1-4-13(6-5-10(14)17-3)18(15,16)9-7-12(2)8-11-9/h7-8H,4-6H2,1-3H3. The fourth-order valence-corrected chi connectivity index (χ4v) is 2.84. The van der Waals surface area contributed by atoms with Gasteiger partial charge >= 0.3 is 5.97 Å². The summed E-state index contributed by atoms with van der Waals surface area (Å²) >= 11 is 0. The molecule has 18 heavy (non-hydrogen) atoms. The van der Waals surface area contributed by atoms with Gasteiger partial charge in [-0.1, -0.05) is 6.92 Å². The van der Waals surface area contributed by atoms with Crippen molar-refractivity contribution in [2.24, 2.45) is 7.05 Å². The summed E-state index contributed by atoms with van der Waals surface area (Å²) in [5.74, 6) is -0.440. The molecule has 0 aromatic carbocycles. The van der Waals surface area contributed by atoms with Crippen LogP contribution in [-0.4, -0.2) is 48.4 Å². The van der Waals surface area contributed by atoms with Crippen LogP contribution in [0.1, 0.15) is 13.3 Å². The van der Waals surface area contributed by atoms with E-state index in [9.17, 15) is 13.2 Å². The first kappa shape index (κ1) is 14.7. The van der Waals surface area contributed by atoms with Gasteiger partial charge in [-0.3, -0.25) is 4.79 Å². The van der Waals surface area contributed by atoms with Crippen LogP contribution in [-0.2, 0) is 26.6 Å². The maximum absolute atomic E-state index is 12.2. The van der Waals surface area contributed by atoms with Gasteiger partial charge in [-0.15, -0.1) is 0 Å². The second-order valence-electron chi connectivity index (χ2n) is 3.70. The number of hydrogen-bond acceptors (Lipinski definition) is 5. The number of imidazole rings is 1. The average molecular weight is 275 g/mol. The van der Waals surface area contributed by atoms with E-state index < -0.39 is 16.0 Å². The molecule has 0 aliphatic rings. The molecule has 0 amide bonds. The molecule has 0 atom stereocenters. The molecule has 102 valence electrons. The molecule has 0 fully saturated rings. The Hall–Kier alpha value is -1.41. The van der Waals surface area contributed by atoms with Crippen molar-refractivity contribution in [1.29, 1.82) is 0 Å². The first-order valence-electron chi connectivity index (χ1n) is 5.46. The number of rotatable bonds is 6. The minimum atomic E-state index is -3.64. The van der Waals surface area contributed by atoms with Gasteiger partial charge in [0.25, 0.3) is 10.0 Å². The third kappa shape index (κ3) is 3.30. The van der Waals surface area contributed by atoms with Gasteiger partial charge in [0.1, 0.15) is 0 Å². The van der Waals surface area contributed by atoms with E-state index in [-0.39, 0.29) is 24.5 Å². The van der Waals surface area contributed by atoms with Crippen LogP contribution in [0.5, 0.6) is 0 Å². The van der Waals surface area contributed by atoms with Crippen molar-refractivity contribution >= 4 is 16.0 Å². The zero-order chi connectivity index (χ0) is 13.8. The molecule has 0 saturated carbocycles. The van der Waals surface area contributed by atoms with Gasteiger partial charge < -0.3 is 9.30 Å². The van der Waals surface area contributed by atoms with Gasteiger partial charge in [-0.05, 0) is 0 Å². The maximum atomic E-state index is 12.2. The summed E-state index contributed by atoms with van der Waals surface area (Å²) in [6.07, 6.45) is 2.87. The number of aromatic nitrogens is 2. The Morgan fingerprint density at radius 2 is 2.22 bits per heavy atom. The van der Waals surface area contributed by atoms with Crippen molar-refractivity contribution in [2.45, 2.75) is 18.4 Å². The van der Waals surface area contributed by atoms with Crippen molar-refractivity contribution in [3.8, 4) is 0 Å². The quantitative estimate of drug-likeness (QED) is 0.682. The van der Waals surface area contributed by atoms with E-state index in [1.54, 1.807) is 18.5 Å². The molecule has 1 aromatic heterocycles. The molecule has 7 nitrogen and oxygen atoms in total. The lowest BCUT2D eigenvalue weighted by atomic mass is 10.4. The normalized spacial score (nSPS) is 11.8. The van der Waals surface area contributed by atoms with Crippen LogP contribution < -0.4 is 0 Å². The third-order valence-corrected chi connectivity index (χ3v) is 4.29. The van der Waals surface area contributed by atoms with Crippen LogP contribution in [0.25, 0.3) is 0 Å². The zero-order valence-corrected chi connectivity index (χ0v) is 11.5. The first-order chi connectivity index (χ1) is 8.41. The summed E-state index contributed by atoms with van der Waals surface area (Å²) in [5, 5.41) is -0.0169. The zero-order valence-electron chi connectivity index (χ0n) is 10.7. The predicted molar refractivity (Wildman–Crippen MR) is 64.3 cm³/mol. The number of sulfonamides is 1. The van der Waals surface area contributed by atoms with Gasteiger partial charge in [0.15, 0.2) is 5.03 Å². The monoisotopic (exact) mass is 275 g/mol. The molecule has 0 saturated heterocycles. The molecule has 0 radical (unpaired) electrons. The van der Waals surface area contributed by atoms with Crippen LogP contribution >= 0.6 is 0 Å². The molecular weight excluding hydrogens is 258 g/mol. The molecule has 0 aliphatic carbocycles. The van der Waals surface area contributed by atoms with E-state index in [4.69, 9.17) is 0 Å². The smallest absolute Gasteiger partial charge is 0.306 e. The number of ether oxygens (including phenoxy) is 1. The molecule has 0 spiro atoms. The number of esters is 1. The van der Waals surface area contributed by atoms with Crippen molar-refractivity contribution in [1.82, 2.24) is 13.9 Å². The van der Waals surface area contributed by atoms with Crippen molar-refractivity contribution in [2.75, 3.05) is 20.2 Å². The summed E-state index contributed by atoms with van der Waals surface area (Å²) in [7, 11) is -0.680. The molecule has 0 unspecified atom stereocenters. The number of carbonyl (C=O) groups excluding carboxylic acids is 1. The summed E-state index contributed by atoms with van der Waals surface area (Å²) in [5.41, 5.74) is 0. The minimum Gasteiger partial charge on any atom is -0.469 e. The van der Waals surface area contributed by atoms with Crippen LogP contribution in [0.3, 0.4) is 0 Å². The highest BCUT2D eigenvalue weighted by molar-refractivity contribution is 7.89. The number of aryl methyl sites for hydroxylation is 1. The Balaban J connectivity index is 2.84. The van der Waals surface area contributed by atoms with Gasteiger partial charge in [0.05, 0.1) is 19.9 Å².